The molecule has 0 spiro atoms. The first kappa shape index (κ1) is 61.7. The van der Waals surface area contributed by atoms with E-state index in [2.05, 4.69) is 20.1 Å². The second kappa shape index (κ2) is 27.6. The van der Waals surface area contributed by atoms with Gasteiger partial charge in [0, 0.05) is 55.4 Å². The molecule has 2 heterocycles. The maximum atomic E-state index is 14.8. The first-order valence-electron chi connectivity index (χ1n) is 26.1. The molecule has 0 unspecified atom stereocenters. The quantitative estimate of drug-likeness (QED) is 0.0513. The fraction of sp³-hybridized carbons (Fsp3) is 0.448. The first-order chi connectivity index (χ1) is 37.3. The van der Waals surface area contributed by atoms with Gasteiger partial charge in [-0.1, -0.05) is 65.7 Å². The number of rotatable bonds is 22. The van der Waals surface area contributed by atoms with E-state index < -0.39 is 59.6 Å². The van der Waals surface area contributed by atoms with Gasteiger partial charge < -0.3 is 44.7 Å². The van der Waals surface area contributed by atoms with Crippen molar-refractivity contribution in [2.24, 2.45) is 13.0 Å². The summed E-state index contributed by atoms with van der Waals surface area (Å²) in [6.45, 7) is 10.6. The lowest BCUT2D eigenvalue weighted by molar-refractivity contribution is -0.192. The van der Waals surface area contributed by atoms with Crippen molar-refractivity contribution >= 4 is 52.9 Å². The van der Waals surface area contributed by atoms with Crippen LogP contribution >= 0.6 is 23.2 Å². The molecule has 1 aromatic heterocycles. The highest BCUT2D eigenvalue weighted by molar-refractivity contribution is 6.31. The number of fused-ring (bicyclic) bond motifs is 1. The fourth-order valence-corrected chi connectivity index (χ4v) is 9.97. The second-order valence-electron chi connectivity index (χ2n) is 21.1. The molecule has 79 heavy (non-hydrogen) atoms. The molecule has 0 saturated carbocycles. The zero-order valence-corrected chi connectivity index (χ0v) is 47.0. The molecule has 0 radical (unpaired) electrons. The van der Waals surface area contributed by atoms with Gasteiger partial charge in [-0.15, -0.1) is 0 Å². The Bertz CT molecular complexity index is 2890. The molecule has 426 valence electrons. The molecule has 16 nitrogen and oxygen atoms in total. The van der Waals surface area contributed by atoms with E-state index in [-0.39, 0.29) is 37.9 Å². The number of aryl methyl sites for hydroxylation is 1. The molecular formula is C58H70Cl2F3N7O9. The van der Waals surface area contributed by atoms with Crippen LogP contribution in [0.15, 0.2) is 97.2 Å². The van der Waals surface area contributed by atoms with Crippen LogP contribution in [0, 0.1) is 5.92 Å². The summed E-state index contributed by atoms with van der Waals surface area (Å²) in [5.41, 5.74) is 5.15. The number of benzene rings is 4. The normalized spacial score (nSPS) is 15.9. The number of nitrogens with one attached hydrogen (secondary N) is 2. The number of hydrogen-bond acceptors (Lipinski definition) is 10. The topological polar surface area (TPSA) is 196 Å². The molecule has 1 saturated heterocycles. The predicted octanol–water partition coefficient (Wildman–Crippen LogP) is 9.54. The third-order valence-electron chi connectivity index (χ3n) is 14.1. The number of imidazole rings is 1. The van der Waals surface area contributed by atoms with Crippen LogP contribution < -0.4 is 15.4 Å². The molecule has 3 amide bonds. The van der Waals surface area contributed by atoms with E-state index in [0.717, 1.165) is 65.4 Å². The van der Waals surface area contributed by atoms with Gasteiger partial charge in [0.2, 0.25) is 17.7 Å². The van der Waals surface area contributed by atoms with Crippen molar-refractivity contribution in [1.29, 1.82) is 0 Å². The lowest BCUT2D eigenvalue weighted by Gasteiger charge is -2.36. The van der Waals surface area contributed by atoms with Crippen LogP contribution in [0.3, 0.4) is 0 Å². The van der Waals surface area contributed by atoms with Gasteiger partial charge in [0.15, 0.2) is 0 Å². The Balaban J connectivity index is 0.00000135. The number of likely N-dealkylation sites (N-methyl/N-ethyl adjacent to an activating group) is 2. The highest BCUT2D eigenvalue weighted by Gasteiger charge is 2.40. The van der Waals surface area contributed by atoms with E-state index in [4.69, 9.17) is 47.6 Å². The molecule has 1 aliphatic heterocycles. The van der Waals surface area contributed by atoms with Crippen LogP contribution in [0.5, 0.6) is 11.5 Å². The van der Waals surface area contributed by atoms with E-state index in [0.29, 0.717) is 34.4 Å². The minimum atomic E-state index is -5.08. The van der Waals surface area contributed by atoms with Gasteiger partial charge in [-0.25, -0.2) is 9.78 Å². The Labute approximate surface area is 469 Å². The van der Waals surface area contributed by atoms with Gasteiger partial charge in [0.25, 0.3) is 0 Å². The third-order valence-corrected chi connectivity index (χ3v) is 14.6. The Morgan fingerprint density at radius 3 is 2.16 bits per heavy atom. The molecule has 5 aromatic rings. The summed E-state index contributed by atoms with van der Waals surface area (Å²) >= 11 is 12.7. The van der Waals surface area contributed by atoms with E-state index in [1.54, 1.807) is 55.1 Å². The number of amides is 3. The second-order valence-corrected chi connectivity index (χ2v) is 21.9. The maximum absolute atomic E-state index is 14.8. The van der Waals surface area contributed by atoms with E-state index in [1.807, 2.05) is 101 Å². The van der Waals surface area contributed by atoms with Crippen molar-refractivity contribution < 1.29 is 56.8 Å². The van der Waals surface area contributed by atoms with Gasteiger partial charge in [-0.3, -0.25) is 24.1 Å². The number of aromatic nitrogens is 2. The standard InChI is InChI=1S/C56H69Cl2N7O7.C2HF3O2/c1-36(59-31-40-16-22-42(58)29-50(40)72-44-23-17-39(18-24-44)49-32-60-51(64(49)7)34-65-26-10-11-27-65)53(68)61-48(35-71-56(2,3)4)55(70)63(6)43(28-37-14-20-41(57)21-15-37)33-62(5)54(69)47(30-52(66)67)46-25-19-38-12-8-9-13-45(38)46;3-2(4,5)1(6)7/h8-9,12-18,20-24,29,32,36,43,46-48,59H,10-11,19,25-28,30-31,33-35H2,1-7H3,(H,61,68)(H,66,67);(H,6,7)/t36-,43+,46-,47-,48-;/m0./s1. The molecule has 0 bridgehead atoms. The van der Waals surface area contributed by atoms with Crippen LogP contribution in [0.4, 0.5) is 13.2 Å². The predicted molar refractivity (Wildman–Crippen MR) is 295 cm³/mol. The zero-order chi connectivity index (χ0) is 57.8. The average molecular weight is 1140 g/mol. The van der Waals surface area contributed by atoms with Gasteiger partial charge in [0.1, 0.15) is 23.4 Å². The SMILES string of the molecule is C[C@H](NCc1ccc(Cl)cc1Oc1ccc(-c2cnc(CN3CCCC3)n2C)cc1)C(=O)N[C@@H](COC(C)(C)C)C(=O)N(C)[C@H](Cc1ccc(Cl)cc1)CN(C)C(=O)[C@@H](CC(=O)O)[C@H]1CCc2ccccc21.O=C(O)C(F)(F)F. The van der Waals surface area contributed by atoms with Crippen LogP contribution in [0.2, 0.25) is 10.0 Å². The molecule has 7 rings (SSSR count). The van der Waals surface area contributed by atoms with E-state index in [9.17, 15) is 37.5 Å². The van der Waals surface area contributed by atoms with E-state index >= 15 is 0 Å². The molecule has 5 atom stereocenters. The number of aliphatic carboxylic acids is 2. The first-order valence-corrected chi connectivity index (χ1v) is 26.9. The minimum absolute atomic E-state index is 0.0900. The number of carbonyl (C=O) groups excluding carboxylic acids is 3. The Kier molecular flexibility index (Phi) is 21.5. The van der Waals surface area contributed by atoms with Crippen molar-refractivity contribution in [3.8, 4) is 22.8 Å². The summed E-state index contributed by atoms with van der Waals surface area (Å²) < 4.78 is 46.4. The van der Waals surface area contributed by atoms with Gasteiger partial charge in [-0.2, -0.15) is 13.2 Å². The molecular weight excluding hydrogens is 1070 g/mol. The number of nitrogens with zero attached hydrogens (tertiary/aromatic N) is 5. The van der Waals surface area contributed by atoms with Crippen molar-refractivity contribution in [3.63, 3.8) is 0 Å². The van der Waals surface area contributed by atoms with Crippen LogP contribution in [0.1, 0.15) is 87.4 Å². The lowest BCUT2D eigenvalue weighted by Crippen LogP contribution is -2.57. The van der Waals surface area contributed by atoms with Crippen molar-refractivity contribution in [1.82, 2.24) is 34.9 Å². The number of carboxylic acid groups (broad SMARTS) is 2. The maximum Gasteiger partial charge on any atom is 0.490 e. The van der Waals surface area contributed by atoms with Crippen LogP contribution in [-0.4, -0.2) is 134 Å². The largest absolute Gasteiger partial charge is 0.490 e. The number of carbonyl (C=O) groups is 5. The summed E-state index contributed by atoms with van der Waals surface area (Å²) in [6.07, 6.45) is 0.733. The summed E-state index contributed by atoms with van der Waals surface area (Å²) in [7, 11) is 5.36. The third kappa shape index (κ3) is 17.7. The van der Waals surface area contributed by atoms with Crippen LogP contribution in [0.25, 0.3) is 11.3 Å². The summed E-state index contributed by atoms with van der Waals surface area (Å²) in [4.78, 5) is 74.6. The average Bonchev–Trinajstić information content (AvgIpc) is 4.17. The van der Waals surface area contributed by atoms with Gasteiger partial charge in [-0.05, 0) is 144 Å². The zero-order valence-electron chi connectivity index (χ0n) is 45.5. The Morgan fingerprint density at radius 2 is 1.53 bits per heavy atom. The number of ether oxygens (including phenoxy) is 2. The van der Waals surface area contributed by atoms with Crippen LogP contribution in [-0.2, 0) is 61.7 Å². The lowest BCUT2D eigenvalue weighted by atomic mass is 9.84. The summed E-state index contributed by atoms with van der Waals surface area (Å²) in [5, 5.41) is 24.4. The van der Waals surface area contributed by atoms with Crippen molar-refractivity contribution in [2.45, 2.75) is 115 Å². The number of hydrogen-bond donors (Lipinski definition) is 4. The molecule has 4 N–H and O–H groups in total. The Hall–Kier alpha value is -6.51. The van der Waals surface area contributed by atoms with Gasteiger partial charge in [0.05, 0.1) is 55.1 Å². The smallest absolute Gasteiger partial charge is 0.481 e. The molecule has 1 fully saturated rings. The molecule has 2 aliphatic rings. The molecule has 1 aliphatic carbocycles. The molecule has 4 aromatic carbocycles. The van der Waals surface area contributed by atoms with E-state index in [1.165, 1.54) is 12.8 Å². The Morgan fingerprint density at radius 1 is 0.886 bits per heavy atom. The summed E-state index contributed by atoms with van der Waals surface area (Å²) in [6, 6.07) is 25.9. The monoisotopic (exact) mass is 1140 g/mol. The van der Waals surface area contributed by atoms with Crippen molar-refractivity contribution in [3.05, 3.63) is 135 Å². The summed E-state index contributed by atoms with van der Waals surface area (Å²) in [5.74, 6) is -3.85. The minimum Gasteiger partial charge on any atom is -0.481 e. The highest BCUT2D eigenvalue weighted by atomic mass is 35.5. The fourth-order valence-electron chi connectivity index (χ4n) is 9.68. The molecule has 21 heteroatoms. The highest BCUT2D eigenvalue weighted by Crippen LogP contribution is 2.41. The number of likely N-dealkylation sites (tertiary alicyclic amines) is 1. The number of carboxylic acids is 2. The van der Waals surface area contributed by atoms with Crippen molar-refractivity contribution in [2.75, 3.05) is 40.3 Å². The number of alkyl halides is 3. The number of halogens is 5. The van der Waals surface area contributed by atoms with Gasteiger partial charge >= 0.3 is 18.1 Å².